The van der Waals surface area contributed by atoms with Crippen molar-refractivity contribution in [2.24, 2.45) is 5.41 Å². The fourth-order valence-electron chi connectivity index (χ4n) is 0.964. The van der Waals surface area contributed by atoms with Crippen LogP contribution in [0.1, 0.15) is 27.2 Å². The Kier molecular flexibility index (Phi) is 4.05. The number of sulfonamides is 1. The molecule has 17 heavy (non-hydrogen) atoms. The Bertz CT molecular complexity index is 468. The van der Waals surface area contributed by atoms with Gasteiger partial charge in [-0.25, -0.2) is 23.1 Å². The summed E-state index contributed by atoms with van der Waals surface area (Å²) in [6.07, 6.45) is 3.28. The van der Waals surface area contributed by atoms with Crippen molar-refractivity contribution in [3.8, 4) is 0 Å². The summed E-state index contributed by atoms with van der Waals surface area (Å²) in [5.41, 5.74) is 5.22. The smallest absolute Gasteiger partial charge is 0.243 e. The molecule has 0 aliphatic carbocycles. The lowest BCUT2D eigenvalue weighted by Gasteiger charge is -2.22. The molecule has 0 radical (unpaired) electrons. The quantitative estimate of drug-likeness (QED) is 0.813. The Morgan fingerprint density at radius 2 is 1.88 bits per heavy atom. The lowest BCUT2D eigenvalue weighted by molar-refractivity contribution is 0.350. The zero-order valence-corrected chi connectivity index (χ0v) is 11.1. The second kappa shape index (κ2) is 4.97. The van der Waals surface area contributed by atoms with Gasteiger partial charge in [0.15, 0.2) is 0 Å². The van der Waals surface area contributed by atoms with E-state index < -0.39 is 10.0 Å². The van der Waals surface area contributed by atoms with Gasteiger partial charge in [0.25, 0.3) is 0 Å². The van der Waals surface area contributed by atoms with E-state index >= 15 is 0 Å². The lowest BCUT2D eigenvalue weighted by Crippen LogP contribution is -2.33. The lowest BCUT2D eigenvalue weighted by atomic mass is 9.91. The molecule has 0 atom stereocenters. The summed E-state index contributed by atoms with van der Waals surface area (Å²) in [6, 6.07) is 0. The second-order valence-electron chi connectivity index (χ2n) is 4.62. The first-order chi connectivity index (χ1) is 7.77. The molecular weight excluding hydrogens is 240 g/mol. The highest BCUT2D eigenvalue weighted by molar-refractivity contribution is 7.89. The van der Waals surface area contributed by atoms with E-state index in [1.165, 1.54) is 12.4 Å². The van der Waals surface area contributed by atoms with Crippen LogP contribution in [-0.4, -0.2) is 24.9 Å². The standard InChI is InChI=1S/C10H18N4O2S/c1-4-10(2,3)7-14-17(15,16)8-5-12-9(11)13-6-8/h5-6,14H,4,7H2,1-3H3,(H2,11,12,13). The van der Waals surface area contributed by atoms with Crippen molar-refractivity contribution < 1.29 is 8.42 Å². The third-order valence-electron chi connectivity index (χ3n) is 2.66. The molecule has 1 aromatic heterocycles. The largest absolute Gasteiger partial charge is 0.368 e. The predicted molar refractivity (Wildman–Crippen MR) is 65.7 cm³/mol. The number of rotatable bonds is 5. The van der Waals surface area contributed by atoms with Gasteiger partial charge in [-0.15, -0.1) is 0 Å². The van der Waals surface area contributed by atoms with Crippen molar-refractivity contribution in [2.75, 3.05) is 12.3 Å². The molecule has 0 aliphatic rings. The summed E-state index contributed by atoms with van der Waals surface area (Å²) in [5.74, 6) is 0.0536. The van der Waals surface area contributed by atoms with Crippen molar-refractivity contribution in [3.63, 3.8) is 0 Å². The zero-order valence-electron chi connectivity index (χ0n) is 10.3. The van der Waals surface area contributed by atoms with E-state index in [2.05, 4.69) is 14.7 Å². The zero-order chi connectivity index (χ0) is 13.1. The molecule has 0 bridgehead atoms. The molecule has 0 saturated carbocycles. The second-order valence-corrected chi connectivity index (χ2v) is 6.39. The fourth-order valence-corrected chi connectivity index (χ4v) is 2.09. The Morgan fingerprint density at radius 3 is 2.35 bits per heavy atom. The van der Waals surface area contributed by atoms with Crippen LogP contribution in [0.3, 0.4) is 0 Å². The summed E-state index contributed by atoms with van der Waals surface area (Å²) in [5, 5.41) is 0. The number of hydrogen-bond donors (Lipinski definition) is 2. The van der Waals surface area contributed by atoms with E-state index in [0.29, 0.717) is 6.54 Å². The molecular formula is C10H18N4O2S. The Morgan fingerprint density at radius 1 is 1.35 bits per heavy atom. The van der Waals surface area contributed by atoms with E-state index in [-0.39, 0.29) is 16.3 Å². The molecule has 0 unspecified atom stereocenters. The van der Waals surface area contributed by atoms with Crippen molar-refractivity contribution in [3.05, 3.63) is 12.4 Å². The summed E-state index contributed by atoms with van der Waals surface area (Å²) in [4.78, 5) is 7.34. The van der Waals surface area contributed by atoms with Crippen LogP contribution in [0.25, 0.3) is 0 Å². The fraction of sp³-hybridized carbons (Fsp3) is 0.600. The molecule has 0 spiro atoms. The average Bonchev–Trinajstić information content (AvgIpc) is 2.27. The van der Waals surface area contributed by atoms with Crippen molar-refractivity contribution in [1.29, 1.82) is 0 Å². The number of anilines is 1. The van der Waals surface area contributed by atoms with Crippen LogP contribution in [0.15, 0.2) is 17.3 Å². The van der Waals surface area contributed by atoms with Gasteiger partial charge in [0.2, 0.25) is 16.0 Å². The number of nitrogens with two attached hydrogens (primary N) is 1. The normalized spacial score (nSPS) is 12.6. The van der Waals surface area contributed by atoms with Crippen molar-refractivity contribution >= 4 is 16.0 Å². The number of hydrogen-bond acceptors (Lipinski definition) is 5. The highest BCUT2D eigenvalue weighted by Crippen LogP contribution is 2.19. The number of nitrogens with zero attached hydrogens (tertiary/aromatic N) is 2. The Balaban J connectivity index is 2.79. The minimum atomic E-state index is -3.55. The Hall–Kier alpha value is -1.21. The molecule has 0 aromatic carbocycles. The van der Waals surface area contributed by atoms with Crippen LogP contribution in [0.2, 0.25) is 0 Å². The first kappa shape index (κ1) is 13.9. The number of nitrogens with one attached hydrogen (secondary N) is 1. The number of aromatic nitrogens is 2. The van der Waals surface area contributed by atoms with Crippen molar-refractivity contribution in [1.82, 2.24) is 14.7 Å². The monoisotopic (exact) mass is 258 g/mol. The van der Waals surface area contributed by atoms with Crippen LogP contribution in [0.4, 0.5) is 5.95 Å². The highest BCUT2D eigenvalue weighted by atomic mass is 32.2. The van der Waals surface area contributed by atoms with Crippen molar-refractivity contribution in [2.45, 2.75) is 32.1 Å². The number of nitrogen functional groups attached to an aromatic ring is 1. The summed E-state index contributed by atoms with van der Waals surface area (Å²) >= 11 is 0. The molecule has 0 fully saturated rings. The van der Waals surface area contributed by atoms with Crippen LogP contribution < -0.4 is 10.5 Å². The van der Waals surface area contributed by atoms with Crippen LogP contribution in [0.5, 0.6) is 0 Å². The topological polar surface area (TPSA) is 98.0 Å². The van der Waals surface area contributed by atoms with E-state index in [9.17, 15) is 8.42 Å². The van der Waals surface area contributed by atoms with Gasteiger partial charge in [-0.2, -0.15) is 0 Å². The molecule has 0 aliphatic heterocycles. The van der Waals surface area contributed by atoms with Gasteiger partial charge >= 0.3 is 0 Å². The average molecular weight is 258 g/mol. The molecule has 96 valence electrons. The Labute approximate surface area is 102 Å². The van der Waals surface area contributed by atoms with Gasteiger partial charge < -0.3 is 5.73 Å². The molecule has 7 heteroatoms. The summed E-state index contributed by atoms with van der Waals surface area (Å²) in [7, 11) is -3.55. The van der Waals surface area contributed by atoms with Gasteiger partial charge in [-0.05, 0) is 11.8 Å². The van der Waals surface area contributed by atoms with Gasteiger partial charge in [-0.3, -0.25) is 0 Å². The van der Waals surface area contributed by atoms with E-state index in [1.807, 2.05) is 20.8 Å². The molecule has 0 amide bonds. The van der Waals surface area contributed by atoms with Gasteiger partial charge in [0, 0.05) is 6.54 Å². The van der Waals surface area contributed by atoms with Crippen LogP contribution in [-0.2, 0) is 10.0 Å². The SMILES string of the molecule is CCC(C)(C)CNS(=O)(=O)c1cnc(N)nc1. The maximum absolute atomic E-state index is 11.9. The predicted octanol–water partition coefficient (Wildman–Crippen LogP) is 0.773. The molecule has 1 rings (SSSR count). The molecule has 0 saturated heterocycles. The molecule has 6 nitrogen and oxygen atoms in total. The molecule has 1 aromatic rings. The van der Waals surface area contributed by atoms with E-state index in [1.54, 1.807) is 0 Å². The van der Waals surface area contributed by atoms with Gasteiger partial charge in [0.05, 0.1) is 12.4 Å². The third kappa shape index (κ3) is 3.94. The summed E-state index contributed by atoms with van der Waals surface area (Å²) in [6.45, 7) is 6.38. The third-order valence-corrected chi connectivity index (χ3v) is 4.01. The first-order valence-corrected chi connectivity index (χ1v) is 6.82. The van der Waals surface area contributed by atoms with Crippen LogP contribution >= 0.6 is 0 Å². The maximum Gasteiger partial charge on any atom is 0.243 e. The van der Waals surface area contributed by atoms with E-state index in [4.69, 9.17) is 5.73 Å². The molecule has 3 N–H and O–H groups in total. The van der Waals surface area contributed by atoms with E-state index in [0.717, 1.165) is 6.42 Å². The highest BCUT2D eigenvalue weighted by Gasteiger charge is 2.21. The minimum Gasteiger partial charge on any atom is -0.368 e. The first-order valence-electron chi connectivity index (χ1n) is 5.34. The summed E-state index contributed by atoms with van der Waals surface area (Å²) < 4.78 is 26.3. The maximum atomic E-state index is 11.9. The minimum absolute atomic E-state index is 0.0265. The van der Waals surface area contributed by atoms with Gasteiger partial charge in [0.1, 0.15) is 4.90 Å². The van der Waals surface area contributed by atoms with Gasteiger partial charge in [-0.1, -0.05) is 20.8 Å². The van der Waals surface area contributed by atoms with Crippen LogP contribution in [0, 0.1) is 5.41 Å². The molecule has 1 heterocycles.